The predicted octanol–water partition coefficient (Wildman–Crippen LogP) is 0.621. The van der Waals surface area contributed by atoms with E-state index in [9.17, 15) is 14.7 Å². The monoisotopic (exact) mass is 349 g/mol. The lowest BCUT2D eigenvalue weighted by Gasteiger charge is -2.33. The standard InChI is InChI=1S/C17H23N3O5/c1-11-14(18-10-25-11)15(21)20-7-12-6-19(13-2-4-24-5-3-13)8-17(12,9-20)16(22)23/h10,12-13H,2-9H2,1H3,(H,22,23)/t12-,17-/m1/s1. The number of aromatic nitrogens is 1. The number of ether oxygens (including phenoxy) is 1. The second-order valence-corrected chi connectivity index (χ2v) is 7.37. The Balaban J connectivity index is 1.52. The third kappa shape index (κ3) is 2.64. The Morgan fingerprint density at radius 1 is 1.28 bits per heavy atom. The van der Waals surface area contributed by atoms with Gasteiger partial charge in [-0.05, 0) is 19.8 Å². The van der Waals surface area contributed by atoms with Crippen molar-refractivity contribution in [3.63, 3.8) is 0 Å². The van der Waals surface area contributed by atoms with E-state index < -0.39 is 11.4 Å². The van der Waals surface area contributed by atoms with E-state index in [1.54, 1.807) is 11.8 Å². The van der Waals surface area contributed by atoms with Crippen molar-refractivity contribution < 1.29 is 23.8 Å². The highest BCUT2D eigenvalue weighted by Gasteiger charge is 2.59. The van der Waals surface area contributed by atoms with Gasteiger partial charge in [-0.2, -0.15) is 0 Å². The van der Waals surface area contributed by atoms with E-state index >= 15 is 0 Å². The summed E-state index contributed by atoms with van der Waals surface area (Å²) in [4.78, 5) is 32.7. The maximum Gasteiger partial charge on any atom is 0.313 e. The lowest BCUT2D eigenvalue weighted by atomic mass is 9.81. The third-order valence-corrected chi connectivity index (χ3v) is 6.00. The van der Waals surface area contributed by atoms with Gasteiger partial charge in [0, 0.05) is 51.4 Å². The van der Waals surface area contributed by atoms with Crippen LogP contribution in [0, 0.1) is 18.3 Å². The zero-order valence-electron chi connectivity index (χ0n) is 14.3. The minimum absolute atomic E-state index is 0.0518. The van der Waals surface area contributed by atoms with Gasteiger partial charge in [0.25, 0.3) is 5.91 Å². The van der Waals surface area contributed by atoms with Crippen LogP contribution in [0.4, 0.5) is 0 Å². The van der Waals surface area contributed by atoms with E-state index in [4.69, 9.17) is 9.15 Å². The topological polar surface area (TPSA) is 96.1 Å². The van der Waals surface area contributed by atoms with Crippen molar-refractivity contribution in [2.75, 3.05) is 39.4 Å². The SMILES string of the molecule is Cc1ocnc1C(=O)N1C[C@H]2CN(C3CCOCC3)C[C@@]2(C(=O)O)C1. The molecule has 1 N–H and O–H groups in total. The number of oxazole rings is 1. The molecule has 4 heterocycles. The molecule has 8 nitrogen and oxygen atoms in total. The van der Waals surface area contributed by atoms with Crippen molar-refractivity contribution in [3.8, 4) is 0 Å². The van der Waals surface area contributed by atoms with Crippen LogP contribution in [-0.2, 0) is 9.53 Å². The quantitative estimate of drug-likeness (QED) is 0.854. The van der Waals surface area contributed by atoms with Crippen molar-refractivity contribution >= 4 is 11.9 Å². The molecule has 8 heteroatoms. The van der Waals surface area contributed by atoms with Crippen LogP contribution in [0.15, 0.2) is 10.8 Å². The van der Waals surface area contributed by atoms with Crippen molar-refractivity contribution in [2.24, 2.45) is 11.3 Å². The molecular formula is C17H23N3O5. The molecule has 1 amide bonds. The van der Waals surface area contributed by atoms with Gasteiger partial charge in [0.15, 0.2) is 12.1 Å². The predicted molar refractivity (Wildman–Crippen MR) is 86.1 cm³/mol. The fraction of sp³-hybridized carbons (Fsp3) is 0.706. The molecule has 0 saturated carbocycles. The molecule has 0 radical (unpaired) electrons. The zero-order chi connectivity index (χ0) is 17.6. The molecule has 0 aromatic carbocycles. The minimum atomic E-state index is -0.883. The number of carbonyl (C=O) groups is 2. The highest BCUT2D eigenvalue weighted by Crippen LogP contribution is 2.44. The van der Waals surface area contributed by atoms with Gasteiger partial charge in [-0.15, -0.1) is 0 Å². The van der Waals surface area contributed by atoms with E-state index in [1.807, 2.05) is 0 Å². The number of carboxylic acid groups (broad SMARTS) is 1. The Kier molecular flexibility index (Phi) is 4.04. The lowest BCUT2D eigenvalue weighted by Crippen LogP contribution is -2.45. The molecule has 25 heavy (non-hydrogen) atoms. The van der Waals surface area contributed by atoms with Gasteiger partial charge in [0.05, 0.1) is 0 Å². The number of amides is 1. The fourth-order valence-electron chi connectivity index (χ4n) is 4.55. The second-order valence-electron chi connectivity index (χ2n) is 7.37. The molecule has 3 aliphatic rings. The Bertz CT molecular complexity index is 684. The van der Waals surface area contributed by atoms with E-state index in [1.165, 1.54) is 6.39 Å². The maximum atomic E-state index is 12.7. The van der Waals surface area contributed by atoms with Gasteiger partial charge >= 0.3 is 5.97 Å². The smallest absolute Gasteiger partial charge is 0.313 e. The van der Waals surface area contributed by atoms with Crippen LogP contribution in [-0.4, -0.2) is 77.2 Å². The largest absolute Gasteiger partial charge is 0.481 e. The number of carboxylic acids is 1. The Hall–Kier alpha value is -1.93. The van der Waals surface area contributed by atoms with Crippen molar-refractivity contribution in [2.45, 2.75) is 25.8 Å². The Morgan fingerprint density at radius 3 is 2.64 bits per heavy atom. The van der Waals surface area contributed by atoms with Crippen LogP contribution < -0.4 is 0 Å². The number of hydrogen-bond acceptors (Lipinski definition) is 6. The first-order valence-corrected chi connectivity index (χ1v) is 8.76. The summed E-state index contributed by atoms with van der Waals surface area (Å²) < 4.78 is 10.5. The molecular weight excluding hydrogens is 326 g/mol. The number of rotatable bonds is 3. The third-order valence-electron chi connectivity index (χ3n) is 6.00. The molecule has 3 fully saturated rings. The van der Waals surface area contributed by atoms with Gasteiger partial charge < -0.3 is 19.2 Å². The first-order chi connectivity index (χ1) is 12.0. The summed E-state index contributed by atoms with van der Waals surface area (Å²) in [6.45, 7) is 5.08. The molecule has 0 aliphatic carbocycles. The van der Waals surface area contributed by atoms with E-state index in [2.05, 4.69) is 9.88 Å². The summed E-state index contributed by atoms with van der Waals surface area (Å²) in [5, 5.41) is 9.95. The Morgan fingerprint density at radius 2 is 2.04 bits per heavy atom. The first-order valence-electron chi connectivity index (χ1n) is 8.76. The second kappa shape index (κ2) is 6.10. The summed E-state index contributed by atoms with van der Waals surface area (Å²) in [6, 6.07) is 0.387. The molecule has 136 valence electrons. The Labute approximate surface area is 145 Å². The van der Waals surface area contributed by atoms with E-state index in [-0.39, 0.29) is 24.1 Å². The molecule has 2 atom stereocenters. The molecule has 3 aliphatic heterocycles. The minimum Gasteiger partial charge on any atom is -0.481 e. The highest BCUT2D eigenvalue weighted by atomic mass is 16.5. The fourth-order valence-corrected chi connectivity index (χ4v) is 4.55. The highest BCUT2D eigenvalue weighted by molar-refractivity contribution is 5.94. The molecule has 3 saturated heterocycles. The summed E-state index contributed by atoms with van der Waals surface area (Å²) in [7, 11) is 0. The average molecular weight is 349 g/mol. The van der Waals surface area contributed by atoms with Crippen molar-refractivity contribution in [1.82, 2.24) is 14.8 Å². The first kappa shape index (κ1) is 16.5. The van der Waals surface area contributed by atoms with Crippen LogP contribution >= 0.6 is 0 Å². The van der Waals surface area contributed by atoms with Crippen molar-refractivity contribution in [3.05, 3.63) is 17.8 Å². The van der Waals surface area contributed by atoms with Crippen LogP contribution in [0.1, 0.15) is 29.1 Å². The summed E-state index contributed by atoms with van der Waals surface area (Å²) in [5.74, 6) is -0.627. The number of hydrogen-bond donors (Lipinski definition) is 1. The number of likely N-dealkylation sites (tertiary alicyclic amines) is 2. The number of carbonyl (C=O) groups excluding carboxylic acids is 1. The van der Waals surface area contributed by atoms with Crippen LogP contribution in [0.3, 0.4) is 0 Å². The summed E-state index contributed by atoms with van der Waals surface area (Å²) >= 11 is 0. The normalized spacial score (nSPS) is 30.6. The van der Waals surface area contributed by atoms with Gasteiger partial charge in [-0.1, -0.05) is 0 Å². The van der Waals surface area contributed by atoms with Gasteiger partial charge in [-0.25, -0.2) is 4.98 Å². The van der Waals surface area contributed by atoms with Crippen molar-refractivity contribution in [1.29, 1.82) is 0 Å². The van der Waals surface area contributed by atoms with Crippen LogP contribution in [0.25, 0.3) is 0 Å². The van der Waals surface area contributed by atoms with Crippen LogP contribution in [0.5, 0.6) is 0 Å². The molecule has 0 bridgehead atoms. The molecule has 1 aromatic rings. The summed E-state index contributed by atoms with van der Waals surface area (Å²) in [6.07, 6.45) is 3.14. The molecule has 1 aromatic heterocycles. The molecule has 0 spiro atoms. The van der Waals surface area contributed by atoms with Gasteiger partial charge in [0.1, 0.15) is 11.2 Å². The van der Waals surface area contributed by atoms with E-state index in [0.29, 0.717) is 24.9 Å². The van der Waals surface area contributed by atoms with Gasteiger partial charge in [0.2, 0.25) is 0 Å². The number of aryl methyl sites for hydroxylation is 1. The zero-order valence-corrected chi connectivity index (χ0v) is 14.3. The number of nitrogens with zero attached hydrogens (tertiary/aromatic N) is 3. The van der Waals surface area contributed by atoms with Crippen LogP contribution in [0.2, 0.25) is 0 Å². The average Bonchev–Trinajstić information content (AvgIpc) is 3.27. The summed E-state index contributed by atoms with van der Waals surface area (Å²) in [5.41, 5.74) is -0.604. The van der Waals surface area contributed by atoms with Gasteiger partial charge in [-0.3, -0.25) is 14.5 Å². The number of fused-ring (bicyclic) bond motifs is 1. The number of aliphatic carboxylic acids is 1. The molecule has 4 rings (SSSR count). The van der Waals surface area contributed by atoms with E-state index in [0.717, 1.165) is 32.6 Å². The molecule has 0 unspecified atom stereocenters. The maximum absolute atomic E-state index is 12.7. The lowest BCUT2D eigenvalue weighted by molar-refractivity contribution is -0.148.